The van der Waals surface area contributed by atoms with E-state index in [-0.39, 0.29) is 17.2 Å². The number of hydrogen-bond acceptors (Lipinski definition) is 7. The van der Waals surface area contributed by atoms with E-state index in [9.17, 15) is 16.8 Å². The number of rotatable bonds is 7. The lowest BCUT2D eigenvalue weighted by molar-refractivity contribution is 0.146. The quantitative estimate of drug-likeness (QED) is 0.631. The zero-order valence-electron chi connectivity index (χ0n) is 13.5. The van der Waals surface area contributed by atoms with Crippen molar-refractivity contribution in [1.29, 1.82) is 0 Å². The van der Waals surface area contributed by atoms with Crippen LogP contribution in [0.5, 0.6) is 5.75 Å². The molecule has 0 saturated carbocycles. The number of nitrogens with zero attached hydrogens (tertiary/aromatic N) is 1. The van der Waals surface area contributed by atoms with Gasteiger partial charge in [0.15, 0.2) is 9.84 Å². The van der Waals surface area contributed by atoms with E-state index in [1.165, 1.54) is 23.9 Å². The number of hydrogen-bond donors (Lipinski definition) is 0. The maximum absolute atomic E-state index is 12.8. The number of ether oxygens (including phenoxy) is 2. The van der Waals surface area contributed by atoms with E-state index >= 15 is 0 Å². The Labute approximate surface area is 147 Å². The van der Waals surface area contributed by atoms with Gasteiger partial charge in [-0.2, -0.15) is 16.1 Å². The van der Waals surface area contributed by atoms with E-state index in [0.29, 0.717) is 24.7 Å². The molecule has 0 spiro atoms. The number of methoxy groups -OCH3 is 1. The fourth-order valence-electron chi connectivity index (χ4n) is 2.26. The minimum Gasteiger partial charge on any atom is -0.491 e. The van der Waals surface area contributed by atoms with Crippen LogP contribution >= 0.6 is 11.8 Å². The molecule has 1 atom stereocenters. The Hall–Kier alpha value is -0.810. The van der Waals surface area contributed by atoms with Crippen LogP contribution in [0.3, 0.4) is 0 Å². The van der Waals surface area contributed by atoms with Gasteiger partial charge in [-0.05, 0) is 24.3 Å². The molecule has 10 heteroatoms. The summed E-state index contributed by atoms with van der Waals surface area (Å²) in [6.07, 6.45) is 1.07. The first-order chi connectivity index (χ1) is 11.3. The number of thioether (sulfide) groups is 1. The number of benzene rings is 1. The molecule has 2 rings (SSSR count). The summed E-state index contributed by atoms with van der Waals surface area (Å²) in [6.45, 7) is 0.973. The van der Waals surface area contributed by atoms with Gasteiger partial charge in [-0.3, -0.25) is 0 Å². The Morgan fingerprint density at radius 1 is 1.17 bits per heavy atom. The van der Waals surface area contributed by atoms with Crippen molar-refractivity contribution in [2.45, 2.75) is 10.3 Å². The second-order valence-electron chi connectivity index (χ2n) is 5.29. The summed E-state index contributed by atoms with van der Waals surface area (Å²) in [5.74, 6) is 1.35. The highest BCUT2D eigenvalue weighted by atomic mass is 32.2. The Balaban J connectivity index is 2.22. The summed E-state index contributed by atoms with van der Waals surface area (Å²) in [7, 11) is -5.81. The topological polar surface area (TPSA) is 90.0 Å². The molecule has 0 amide bonds. The molecule has 1 aromatic rings. The molecule has 7 nitrogen and oxygen atoms in total. The standard InChI is InChI=1S/C14H21NO6S3/c1-20-8-9-21-12-3-5-13(6-4-12)24(18,19)15-7-10-22-11-14(15)23(2,16)17/h3-6,14H,7-11H2,1-2H3/t14-/m0/s1. The van der Waals surface area contributed by atoms with Gasteiger partial charge in [0.1, 0.15) is 17.7 Å². The van der Waals surface area contributed by atoms with Crippen molar-refractivity contribution in [3.8, 4) is 5.75 Å². The Kier molecular flexibility index (Phi) is 6.54. The molecule has 1 aliphatic heterocycles. The van der Waals surface area contributed by atoms with E-state index in [2.05, 4.69) is 0 Å². The van der Waals surface area contributed by atoms with Crippen molar-refractivity contribution < 1.29 is 26.3 Å². The maximum Gasteiger partial charge on any atom is 0.244 e. The molecule has 1 aliphatic rings. The SMILES string of the molecule is COCCOc1ccc(S(=O)(=O)N2CCSC[C@@H]2S(C)(=O)=O)cc1. The summed E-state index contributed by atoms with van der Waals surface area (Å²) in [5.41, 5.74) is 0. The summed E-state index contributed by atoms with van der Waals surface area (Å²) in [6, 6.07) is 5.96. The van der Waals surface area contributed by atoms with Crippen LogP contribution in [-0.4, -0.2) is 71.1 Å². The fraction of sp³-hybridized carbons (Fsp3) is 0.571. The van der Waals surface area contributed by atoms with Gasteiger partial charge < -0.3 is 9.47 Å². The van der Waals surface area contributed by atoms with Crippen molar-refractivity contribution in [2.24, 2.45) is 0 Å². The molecule has 0 radical (unpaired) electrons. The van der Waals surface area contributed by atoms with Crippen molar-refractivity contribution in [1.82, 2.24) is 4.31 Å². The van der Waals surface area contributed by atoms with Crippen LogP contribution in [0.25, 0.3) is 0 Å². The van der Waals surface area contributed by atoms with Crippen LogP contribution in [0.4, 0.5) is 0 Å². The van der Waals surface area contributed by atoms with Crippen LogP contribution in [0.15, 0.2) is 29.2 Å². The zero-order chi connectivity index (χ0) is 17.8. The third-order valence-electron chi connectivity index (χ3n) is 3.52. The summed E-state index contributed by atoms with van der Waals surface area (Å²) in [4.78, 5) is 0.0575. The molecule has 0 bridgehead atoms. The van der Waals surface area contributed by atoms with Crippen LogP contribution in [0.2, 0.25) is 0 Å². The largest absolute Gasteiger partial charge is 0.491 e. The van der Waals surface area contributed by atoms with Crippen molar-refractivity contribution in [2.75, 3.05) is 44.6 Å². The molecule has 0 unspecified atom stereocenters. The van der Waals surface area contributed by atoms with Gasteiger partial charge in [-0.1, -0.05) is 0 Å². The normalized spacial score (nSPS) is 20.0. The molecule has 1 fully saturated rings. The monoisotopic (exact) mass is 395 g/mol. The van der Waals surface area contributed by atoms with E-state index in [1.54, 1.807) is 19.2 Å². The molecule has 0 aromatic heterocycles. The van der Waals surface area contributed by atoms with Gasteiger partial charge in [0.25, 0.3) is 0 Å². The molecular formula is C14H21NO6S3. The molecule has 0 aliphatic carbocycles. The number of sulfonamides is 1. The third kappa shape index (κ3) is 4.63. The molecule has 1 aromatic carbocycles. The minimum absolute atomic E-state index is 0.0575. The van der Waals surface area contributed by atoms with Crippen molar-refractivity contribution in [3.63, 3.8) is 0 Å². The predicted molar refractivity (Wildman–Crippen MR) is 93.7 cm³/mol. The molecule has 24 heavy (non-hydrogen) atoms. The van der Waals surface area contributed by atoms with E-state index in [4.69, 9.17) is 9.47 Å². The van der Waals surface area contributed by atoms with E-state index in [1.807, 2.05) is 0 Å². The zero-order valence-corrected chi connectivity index (χ0v) is 16.0. The first kappa shape index (κ1) is 19.5. The first-order valence-corrected chi connectivity index (χ1v) is 11.8. The lowest BCUT2D eigenvalue weighted by Crippen LogP contribution is -2.49. The Morgan fingerprint density at radius 3 is 2.42 bits per heavy atom. The highest BCUT2D eigenvalue weighted by Crippen LogP contribution is 2.28. The van der Waals surface area contributed by atoms with Crippen LogP contribution in [-0.2, 0) is 24.6 Å². The second-order valence-corrected chi connectivity index (χ2v) is 10.5. The summed E-state index contributed by atoms with van der Waals surface area (Å²) < 4.78 is 60.8. The van der Waals surface area contributed by atoms with Gasteiger partial charge in [0.05, 0.1) is 11.5 Å². The highest BCUT2D eigenvalue weighted by molar-refractivity contribution is 8.01. The summed E-state index contributed by atoms with van der Waals surface area (Å²) in [5, 5.41) is -1.03. The average molecular weight is 396 g/mol. The number of sulfone groups is 1. The lowest BCUT2D eigenvalue weighted by atomic mass is 10.3. The lowest BCUT2D eigenvalue weighted by Gasteiger charge is -2.32. The fourth-order valence-corrected chi connectivity index (χ4v) is 7.43. The molecule has 1 heterocycles. The first-order valence-electron chi connectivity index (χ1n) is 7.27. The van der Waals surface area contributed by atoms with Crippen molar-refractivity contribution >= 4 is 31.6 Å². The maximum atomic E-state index is 12.8. The van der Waals surface area contributed by atoms with Crippen LogP contribution < -0.4 is 4.74 Å². The molecule has 136 valence electrons. The third-order valence-corrected chi connectivity index (χ3v) is 8.22. The summed E-state index contributed by atoms with van der Waals surface area (Å²) >= 11 is 1.44. The smallest absolute Gasteiger partial charge is 0.244 e. The predicted octanol–water partition coefficient (Wildman–Crippen LogP) is 0.820. The average Bonchev–Trinajstić information content (AvgIpc) is 2.55. The van der Waals surface area contributed by atoms with Crippen molar-refractivity contribution in [3.05, 3.63) is 24.3 Å². The molecular weight excluding hydrogens is 374 g/mol. The van der Waals surface area contributed by atoms with E-state index in [0.717, 1.165) is 10.6 Å². The van der Waals surface area contributed by atoms with Gasteiger partial charge >= 0.3 is 0 Å². The molecule has 0 N–H and O–H groups in total. The minimum atomic E-state index is -3.88. The Bertz CT molecular complexity index is 745. The van der Waals surface area contributed by atoms with Crippen LogP contribution in [0, 0.1) is 0 Å². The van der Waals surface area contributed by atoms with Gasteiger partial charge in [-0.15, -0.1) is 0 Å². The van der Waals surface area contributed by atoms with Crippen LogP contribution in [0.1, 0.15) is 0 Å². The molecule has 1 saturated heterocycles. The van der Waals surface area contributed by atoms with Gasteiger partial charge in [0, 0.05) is 31.4 Å². The van der Waals surface area contributed by atoms with Gasteiger partial charge in [0.2, 0.25) is 10.0 Å². The van der Waals surface area contributed by atoms with E-state index < -0.39 is 25.2 Å². The van der Waals surface area contributed by atoms with Gasteiger partial charge in [-0.25, -0.2) is 16.8 Å². The second kappa shape index (κ2) is 8.05. The highest BCUT2D eigenvalue weighted by Gasteiger charge is 2.39. The Morgan fingerprint density at radius 2 is 1.83 bits per heavy atom.